The van der Waals surface area contributed by atoms with Crippen molar-refractivity contribution in [3.63, 3.8) is 0 Å². The number of aryl methyl sites for hydroxylation is 2. The number of anilines is 1. The van der Waals surface area contributed by atoms with Crippen LogP contribution in [0.1, 0.15) is 44.1 Å². The van der Waals surface area contributed by atoms with E-state index in [0.29, 0.717) is 24.1 Å². The van der Waals surface area contributed by atoms with E-state index in [9.17, 15) is 9.90 Å². The van der Waals surface area contributed by atoms with Gasteiger partial charge >= 0.3 is 5.97 Å². The fraction of sp³-hybridized carbons (Fsp3) is 0.667. The van der Waals surface area contributed by atoms with Crippen LogP contribution in [0, 0.1) is 25.2 Å². The summed E-state index contributed by atoms with van der Waals surface area (Å²) in [5.41, 5.74) is 0.237. The van der Waals surface area contributed by atoms with Crippen LogP contribution < -0.4 is 5.32 Å². The summed E-state index contributed by atoms with van der Waals surface area (Å²) in [6.45, 7) is 6.38. The van der Waals surface area contributed by atoms with Gasteiger partial charge in [-0.1, -0.05) is 6.92 Å². The first-order chi connectivity index (χ1) is 9.41. The Hall–Kier alpha value is -1.65. The van der Waals surface area contributed by atoms with Gasteiger partial charge in [0.15, 0.2) is 0 Å². The lowest BCUT2D eigenvalue weighted by Gasteiger charge is -2.36. The largest absolute Gasteiger partial charge is 0.481 e. The van der Waals surface area contributed by atoms with E-state index in [-0.39, 0.29) is 0 Å². The molecule has 0 atom stereocenters. The van der Waals surface area contributed by atoms with Crippen LogP contribution in [-0.4, -0.2) is 27.6 Å². The summed E-state index contributed by atoms with van der Waals surface area (Å²) in [5, 5.41) is 12.8. The lowest BCUT2D eigenvalue weighted by Crippen LogP contribution is -2.41. The maximum atomic E-state index is 11.7. The number of aliphatic carboxylic acids is 1. The first kappa shape index (κ1) is 14.8. The Labute approximate surface area is 119 Å². The number of carboxylic acids is 1. The van der Waals surface area contributed by atoms with Crippen LogP contribution >= 0.6 is 0 Å². The number of hydrogen-bond acceptors (Lipinski definition) is 4. The second-order valence-electron chi connectivity index (χ2n) is 6.06. The monoisotopic (exact) mass is 277 g/mol. The number of carbonyl (C=O) groups is 1. The molecule has 0 bridgehead atoms. The first-order valence-electron chi connectivity index (χ1n) is 7.21. The average molecular weight is 277 g/mol. The molecule has 1 aromatic rings. The molecule has 0 saturated heterocycles. The first-order valence-corrected chi connectivity index (χ1v) is 7.21. The van der Waals surface area contributed by atoms with E-state index in [4.69, 9.17) is 0 Å². The van der Waals surface area contributed by atoms with Crippen LogP contribution in [0.5, 0.6) is 0 Å². The zero-order valence-corrected chi connectivity index (χ0v) is 12.4. The summed E-state index contributed by atoms with van der Waals surface area (Å²) >= 11 is 0. The van der Waals surface area contributed by atoms with Crippen LogP contribution in [0.2, 0.25) is 0 Å². The van der Waals surface area contributed by atoms with Crippen molar-refractivity contribution in [3.05, 3.63) is 17.6 Å². The third-order valence-corrected chi connectivity index (χ3v) is 4.26. The van der Waals surface area contributed by atoms with Crippen molar-refractivity contribution in [2.45, 2.75) is 46.5 Å². The number of hydrogen-bond donors (Lipinski definition) is 2. The molecule has 0 amide bonds. The lowest BCUT2D eigenvalue weighted by molar-refractivity contribution is -0.150. The molecular formula is C15H23N3O2. The Morgan fingerprint density at radius 2 is 2.05 bits per heavy atom. The van der Waals surface area contributed by atoms with Gasteiger partial charge in [-0.25, -0.2) is 9.97 Å². The molecule has 1 saturated carbocycles. The molecule has 1 aliphatic carbocycles. The van der Waals surface area contributed by atoms with Gasteiger partial charge in [0, 0.05) is 18.3 Å². The molecule has 0 aromatic carbocycles. The molecule has 1 aliphatic rings. The highest BCUT2D eigenvalue weighted by Gasteiger charge is 2.41. The van der Waals surface area contributed by atoms with Crippen LogP contribution in [0.4, 0.5) is 5.82 Å². The average Bonchev–Trinajstić information content (AvgIpc) is 2.37. The molecule has 1 heterocycles. The summed E-state index contributed by atoms with van der Waals surface area (Å²) in [4.78, 5) is 20.2. The highest BCUT2D eigenvalue weighted by atomic mass is 16.4. The molecule has 2 rings (SSSR count). The molecule has 1 fully saturated rings. The van der Waals surface area contributed by atoms with Gasteiger partial charge in [0.1, 0.15) is 11.6 Å². The van der Waals surface area contributed by atoms with Crippen molar-refractivity contribution in [2.75, 3.05) is 11.9 Å². The predicted octanol–water partition coefficient (Wildman–Crippen LogP) is 2.79. The van der Waals surface area contributed by atoms with Crippen LogP contribution in [0.3, 0.4) is 0 Å². The maximum Gasteiger partial charge on any atom is 0.311 e. The van der Waals surface area contributed by atoms with Crippen LogP contribution in [0.15, 0.2) is 6.07 Å². The second-order valence-corrected chi connectivity index (χ2v) is 6.06. The van der Waals surface area contributed by atoms with E-state index >= 15 is 0 Å². The zero-order chi connectivity index (χ0) is 14.8. The number of nitrogens with zero attached hydrogens (tertiary/aromatic N) is 2. The number of rotatable bonds is 4. The normalized spacial score (nSPS) is 26.2. The maximum absolute atomic E-state index is 11.7. The Morgan fingerprint density at radius 3 is 2.60 bits per heavy atom. The quantitative estimate of drug-likeness (QED) is 0.885. The smallest absolute Gasteiger partial charge is 0.311 e. The Bertz CT molecular complexity index is 474. The van der Waals surface area contributed by atoms with Gasteiger partial charge in [-0.3, -0.25) is 4.79 Å². The summed E-state index contributed by atoms with van der Waals surface area (Å²) < 4.78 is 0. The third kappa shape index (κ3) is 3.26. The molecule has 5 nitrogen and oxygen atoms in total. The summed E-state index contributed by atoms with van der Waals surface area (Å²) in [6, 6.07) is 1.86. The molecule has 0 unspecified atom stereocenters. The second kappa shape index (κ2) is 5.77. The van der Waals surface area contributed by atoms with Crippen molar-refractivity contribution in [1.82, 2.24) is 9.97 Å². The predicted molar refractivity (Wildman–Crippen MR) is 77.7 cm³/mol. The Morgan fingerprint density at radius 1 is 1.40 bits per heavy atom. The van der Waals surface area contributed by atoms with E-state index in [2.05, 4.69) is 22.2 Å². The van der Waals surface area contributed by atoms with Crippen LogP contribution in [-0.2, 0) is 4.79 Å². The summed E-state index contributed by atoms with van der Waals surface area (Å²) in [6.07, 6.45) is 3.44. The molecule has 20 heavy (non-hydrogen) atoms. The van der Waals surface area contributed by atoms with Crippen molar-refractivity contribution < 1.29 is 9.90 Å². The number of aromatic nitrogens is 2. The van der Waals surface area contributed by atoms with E-state index < -0.39 is 11.4 Å². The zero-order valence-electron chi connectivity index (χ0n) is 12.4. The molecular weight excluding hydrogens is 254 g/mol. The molecule has 1 aromatic heterocycles. The van der Waals surface area contributed by atoms with Crippen molar-refractivity contribution >= 4 is 11.8 Å². The van der Waals surface area contributed by atoms with Gasteiger partial charge in [-0.05, 0) is 45.4 Å². The Kier molecular flexibility index (Phi) is 4.26. The van der Waals surface area contributed by atoms with Gasteiger partial charge in [0.25, 0.3) is 0 Å². The van der Waals surface area contributed by atoms with Gasteiger partial charge in [0.2, 0.25) is 0 Å². The summed E-state index contributed by atoms with van der Waals surface area (Å²) in [7, 11) is 0. The minimum Gasteiger partial charge on any atom is -0.481 e. The molecule has 5 heteroatoms. The van der Waals surface area contributed by atoms with Gasteiger partial charge in [0.05, 0.1) is 5.41 Å². The number of nitrogens with one attached hydrogen (secondary N) is 1. The fourth-order valence-corrected chi connectivity index (χ4v) is 2.85. The van der Waals surface area contributed by atoms with Crippen molar-refractivity contribution in [2.24, 2.45) is 11.3 Å². The van der Waals surface area contributed by atoms with E-state index in [1.807, 2.05) is 19.9 Å². The van der Waals surface area contributed by atoms with E-state index in [0.717, 1.165) is 31.4 Å². The van der Waals surface area contributed by atoms with Gasteiger partial charge < -0.3 is 10.4 Å². The molecule has 2 N–H and O–H groups in total. The fourth-order valence-electron chi connectivity index (χ4n) is 2.85. The molecule has 0 spiro atoms. The third-order valence-electron chi connectivity index (χ3n) is 4.26. The van der Waals surface area contributed by atoms with Crippen molar-refractivity contribution in [3.8, 4) is 0 Å². The standard InChI is InChI=1S/C15H23N3O2/c1-10-4-6-15(7-5-10,14(19)20)9-16-13-8-11(2)17-12(3)18-13/h8,10H,4-7,9H2,1-3H3,(H,19,20)(H,16,17,18). The lowest BCUT2D eigenvalue weighted by atomic mass is 9.71. The van der Waals surface area contributed by atoms with Gasteiger partial charge in [-0.15, -0.1) is 0 Å². The summed E-state index contributed by atoms with van der Waals surface area (Å²) in [5.74, 6) is 1.36. The van der Waals surface area contributed by atoms with Crippen LogP contribution in [0.25, 0.3) is 0 Å². The minimum atomic E-state index is -0.695. The minimum absolute atomic E-state index is 0.435. The number of carboxylic acid groups (broad SMARTS) is 1. The van der Waals surface area contributed by atoms with E-state index in [1.54, 1.807) is 0 Å². The van der Waals surface area contributed by atoms with Gasteiger partial charge in [-0.2, -0.15) is 0 Å². The molecule has 0 aliphatic heterocycles. The highest BCUT2D eigenvalue weighted by Crippen LogP contribution is 2.39. The molecule has 0 radical (unpaired) electrons. The molecule has 110 valence electrons. The Balaban J connectivity index is 2.08. The van der Waals surface area contributed by atoms with Crippen molar-refractivity contribution in [1.29, 1.82) is 0 Å². The SMILES string of the molecule is Cc1cc(NCC2(C(=O)O)CCC(C)CC2)nc(C)n1. The highest BCUT2D eigenvalue weighted by molar-refractivity contribution is 5.75. The van der Waals surface area contributed by atoms with E-state index in [1.165, 1.54) is 0 Å². The topological polar surface area (TPSA) is 75.1 Å².